The van der Waals surface area contributed by atoms with Crippen molar-refractivity contribution in [3.8, 4) is 0 Å². The lowest BCUT2D eigenvalue weighted by atomic mass is 9.52. The topological polar surface area (TPSA) is 93.1 Å². The smallest absolute Gasteiger partial charge is 0.333 e. The van der Waals surface area contributed by atoms with E-state index in [1.54, 1.807) is 26.8 Å². The highest BCUT2D eigenvalue weighted by molar-refractivity contribution is 5.88. The number of cyclic esters (lactones) is 1. The summed E-state index contributed by atoms with van der Waals surface area (Å²) in [6.07, 6.45) is 10.8. The largest absolute Gasteiger partial charge is 0.458 e. The van der Waals surface area contributed by atoms with Crippen molar-refractivity contribution < 1.29 is 29.3 Å². The lowest BCUT2D eigenvalue weighted by Gasteiger charge is -2.53. The Balaban J connectivity index is 1.53. The van der Waals surface area contributed by atoms with Gasteiger partial charge in [0.25, 0.3) is 0 Å². The summed E-state index contributed by atoms with van der Waals surface area (Å²) in [7, 11) is 0. The second-order valence-corrected chi connectivity index (χ2v) is 12.6. The van der Waals surface area contributed by atoms with E-state index in [2.05, 4.69) is 26.8 Å². The first-order valence-electron chi connectivity index (χ1n) is 13.4. The summed E-state index contributed by atoms with van der Waals surface area (Å²) in [5.41, 5.74) is 0.842. The van der Waals surface area contributed by atoms with Gasteiger partial charge >= 0.3 is 11.9 Å². The van der Waals surface area contributed by atoms with Crippen molar-refractivity contribution in [2.75, 3.05) is 0 Å². The van der Waals surface area contributed by atoms with Gasteiger partial charge in [-0.25, -0.2) is 9.59 Å². The Labute approximate surface area is 214 Å². The van der Waals surface area contributed by atoms with Gasteiger partial charge < -0.3 is 19.7 Å². The second kappa shape index (κ2) is 8.16. The Bertz CT molecular complexity index is 1120. The van der Waals surface area contributed by atoms with Crippen LogP contribution in [0.1, 0.15) is 80.1 Å². The van der Waals surface area contributed by atoms with Crippen LogP contribution in [0.4, 0.5) is 0 Å². The highest BCUT2D eigenvalue weighted by Crippen LogP contribution is 2.68. The number of hydrogen-bond donors (Lipinski definition) is 2. The van der Waals surface area contributed by atoms with E-state index in [0.717, 1.165) is 18.4 Å². The van der Waals surface area contributed by atoms with Gasteiger partial charge in [0, 0.05) is 23.5 Å². The molecule has 3 aliphatic carbocycles. The van der Waals surface area contributed by atoms with Crippen LogP contribution in [0.25, 0.3) is 0 Å². The minimum Gasteiger partial charge on any atom is -0.458 e. The Hall–Kier alpha value is -2.18. The van der Waals surface area contributed by atoms with Crippen LogP contribution in [-0.4, -0.2) is 45.6 Å². The zero-order valence-corrected chi connectivity index (χ0v) is 22.4. The van der Waals surface area contributed by atoms with Crippen LogP contribution in [0, 0.1) is 22.7 Å². The summed E-state index contributed by atoms with van der Waals surface area (Å²) in [6, 6.07) is 0. The van der Waals surface area contributed by atoms with Gasteiger partial charge in [-0.2, -0.15) is 0 Å². The quantitative estimate of drug-likeness (QED) is 0.550. The van der Waals surface area contributed by atoms with Crippen molar-refractivity contribution in [2.24, 2.45) is 22.7 Å². The van der Waals surface area contributed by atoms with E-state index in [0.29, 0.717) is 31.3 Å². The van der Waals surface area contributed by atoms with Gasteiger partial charge in [-0.1, -0.05) is 38.5 Å². The normalized spacial score (nSPS) is 41.3. The molecule has 7 unspecified atom stereocenters. The molecule has 0 bridgehead atoms. The van der Waals surface area contributed by atoms with Crippen LogP contribution < -0.4 is 0 Å². The Kier molecular flexibility index (Phi) is 5.77. The van der Waals surface area contributed by atoms with Crippen LogP contribution in [-0.2, 0) is 19.1 Å². The standard InChI is InChI=1S/C30H40O6/c1-17-7-9-23(35-26(17)33)18(2)22-16-24(31)29(6)21-12-14-30(27(3,4)34)20(8-10-25(32)36-30)15-19(21)11-13-28(22,29)5/h7-8,10,15,18,22-24,31,34H,9,11-14,16H2,1-6H3. The molecule has 196 valence electrons. The molecule has 0 amide bonds. The average molecular weight is 497 g/mol. The van der Waals surface area contributed by atoms with Crippen LogP contribution in [0.3, 0.4) is 0 Å². The van der Waals surface area contributed by atoms with Gasteiger partial charge in [0.1, 0.15) is 11.7 Å². The fourth-order valence-electron chi connectivity index (χ4n) is 8.17. The van der Waals surface area contributed by atoms with Crippen LogP contribution in [0.15, 0.2) is 46.6 Å². The molecular weight excluding hydrogens is 456 g/mol. The molecule has 0 saturated heterocycles. The third-order valence-corrected chi connectivity index (χ3v) is 10.7. The first kappa shape index (κ1) is 25.5. The molecule has 0 radical (unpaired) electrons. The minimum absolute atomic E-state index is 0.111. The van der Waals surface area contributed by atoms with Gasteiger partial charge in [0.2, 0.25) is 0 Å². The number of fused-ring (bicyclic) bond motifs is 3. The predicted molar refractivity (Wildman–Crippen MR) is 136 cm³/mol. The molecule has 6 nitrogen and oxygen atoms in total. The highest BCUT2D eigenvalue weighted by atomic mass is 16.6. The molecule has 0 aromatic heterocycles. The number of carbonyl (C=O) groups is 2. The molecule has 0 aromatic rings. The summed E-state index contributed by atoms with van der Waals surface area (Å²) < 4.78 is 11.7. The van der Waals surface area contributed by atoms with E-state index in [4.69, 9.17) is 9.47 Å². The summed E-state index contributed by atoms with van der Waals surface area (Å²) in [6.45, 7) is 11.9. The summed E-state index contributed by atoms with van der Waals surface area (Å²) in [5.74, 6) is -0.377. The minimum atomic E-state index is -1.26. The number of hydrogen-bond acceptors (Lipinski definition) is 6. The fourth-order valence-corrected chi connectivity index (χ4v) is 8.17. The van der Waals surface area contributed by atoms with E-state index >= 15 is 0 Å². The van der Waals surface area contributed by atoms with E-state index < -0.39 is 28.7 Å². The van der Waals surface area contributed by atoms with E-state index in [9.17, 15) is 19.8 Å². The molecule has 2 heterocycles. The first-order valence-corrected chi connectivity index (χ1v) is 13.4. The van der Waals surface area contributed by atoms with Gasteiger partial charge in [-0.3, -0.25) is 0 Å². The van der Waals surface area contributed by atoms with E-state index in [1.807, 2.05) is 6.08 Å². The number of ether oxygens (including phenoxy) is 2. The maximum absolute atomic E-state index is 12.3. The van der Waals surface area contributed by atoms with E-state index in [-0.39, 0.29) is 29.3 Å². The van der Waals surface area contributed by atoms with Gasteiger partial charge in [-0.05, 0) is 87.3 Å². The SMILES string of the molecule is CC1=CCC(C(C)C2CC(O)C3(C)C4=C(C=C5C=CC(=O)OC5(C(C)(C)O)CC4)CCC23C)OC1=O. The average Bonchev–Trinajstić information content (AvgIpc) is 2.92. The van der Waals surface area contributed by atoms with Crippen molar-refractivity contribution in [3.05, 3.63) is 46.6 Å². The summed E-state index contributed by atoms with van der Waals surface area (Å²) in [4.78, 5) is 24.6. The monoisotopic (exact) mass is 496 g/mol. The number of aliphatic hydroxyl groups is 2. The molecule has 1 fully saturated rings. The zero-order valence-electron chi connectivity index (χ0n) is 22.4. The third-order valence-electron chi connectivity index (χ3n) is 10.7. The number of allylic oxidation sites excluding steroid dienone is 2. The second-order valence-electron chi connectivity index (χ2n) is 12.6. The zero-order chi connectivity index (χ0) is 26.3. The molecule has 5 rings (SSSR count). The third kappa shape index (κ3) is 3.36. The molecule has 0 aromatic carbocycles. The van der Waals surface area contributed by atoms with Crippen molar-refractivity contribution in [2.45, 2.75) is 103 Å². The molecular formula is C30H40O6. The number of esters is 2. The van der Waals surface area contributed by atoms with Gasteiger partial charge in [-0.15, -0.1) is 0 Å². The molecule has 1 saturated carbocycles. The van der Waals surface area contributed by atoms with Crippen LogP contribution >= 0.6 is 0 Å². The lowest BCUT2D eigenvalue weighted by molar-refractivity contribution is -0.177. The Morgan fingerprint density at radius 2 is 1.86 bits per heavy atom. The fraction of sp³-hybridized carbons (Fsp3) is 0.667. The number of carbonyl (C=O) groups excluding carboxylic acids is 2. The summed E-state index contributed by atoms with van der Waals surface area (Å²) >= 11 is 0. The lowest BCUT2D eigenvalue weighted by Crippen LogP contribution is -2.55. The summed E-state index contributed by atoms with van der Waals surface area (Å²) in [5, 5.41) is 22.9. The van der Waals surface area contributed by atoms with Crippen molar-refractivity contribution in [1.29, 1.82) is 0 Å². The molecule has 0 spiro atoms. The maximum Gasteiger partial charge on any atom is 0.333 e. The predicted octanol–water partition coefficient (Wildman–Crippen LogP) is 4.71. The Morgan fingerprint density at radius 3 is 2.53 bits per heavy atom. The van der Waals surface area contributed by atoms with Gasteiger partial charge in [0.05, 0.1) is 6.10 Å². The maximum atomic E-state index is 12.3. The molecule has 7 atom stereocenters. The molecule has 2 N–H and O–H groups in total. The molecule has 2 aliphatic heterocycles. The molecule has 5 aliphatic rings. The van der Waals surface area contributed by atoms with Crippen LogP contribution in [0.2, 0.25) is 0 Å². The highest BCUT2D eigenvalue weighted by Gasteiger charge is 2.65. The van der Waals surface area contributed by atoms with Crippen molar-refractivity contribution in [1.82, 2.24) is 0 Å². The Morgan fingerprint density at radius 1 is 1.14 bits per heavy atom. The number of rotatable bonds is 3. The molecule has 6 heteroatoms. The van der Waals surface area contributed by atoms with E-state index in [1.165, 1.54) is 17.2 Å². The number of aliphatic hydroxyl groups excluding tert-OH is 1. The van der Waals surface area contributed by atoms with Crippen molar-refractivity contribution in [3.63, 3.8) is 0 Å². The first-order chi connectivity index (χ1) is 16.7. The van der Waals surface area contributed by atoms with Crippen molar-refractivity contribution >= 4 is 11.9 Å². The van der Waals surface area contributed by atoms with Crippen LogP contribution in [0.5, 0.6) is 0 Å². The molecule has 36 heavy (non-hydrogen) atoms. The van der Waals surface area contributed by atoms with Gasteiger partial charge in [0.15, 0.2) is 5.60 Å².